The first-order valence-electron chi connectivity index (χ1n) is 10.6. The van der Waals surface area contributed by atoms with Crippen molar-refractivity contribution in [3.63, 3.8) is 0 Å². The van der Waals surface area contributed by atoms with Gasteiger partial charge in [0.15, 0.2) is 0 Å². The first kappa shape index (κ1) is 22.7. The molecule has 2 amide bonds. The van der Waals surface area contributed by atoms with Crippen LogP contribution in [0, 0.1) is 11.8 Å². The van der Waals surface area contributed by atoms with Gasteiger partial charge in [-0.25, -0.2) is 8.42 Å². The van der Waals surface area contributed by atoms with Crippen LogP contribution in [0.4, 0.5) is 5.69 Å². The summed E-state index contributed by atoms with van der Waals surface area (Å²) in [6.45, 7) is 4.82. The molecule has 2 saturated heterocycles. The molecule has 2 aliphatic rings. The molecule has 1 aromatic carbocycles. The Labute approximate surface area is 178 Å². The molecule has 30 heavy (non-hydrogen) atoms. The standard InChI is InChI=1S/C21H31N3O5S/c1-15(2)19(14-25)22-21(27)16-5-3-11-23(13-16)30(28,29)18-9-7-17(8-10-18)24-12-4-6-20(24)26/h7-10,15-16,19,25H,3-6,11-14H2,1-2H3,(H,22,27)/t16-,19-/m0/s1. The number of carbonyl (C=O) groups excluding carboxylic acids is 2. The van der Waals surface area contributed by atoms with Gasteiger partial charge < -0.3 is 15.3 Å². The van der Waals surface area contributed by atoms with Gasteiger partial charge in [0.25, 0.3) is 0 Å². The van der Waals surface area contributed by atoms with Crippen molar-refractivity contribution in [2.45, 2.75) is 50.5 Å². The minimum absolute atomic E-state index is 0.0538. The quantitative estimate of drug-likeness (QED) is 0.670. The van der Waals surface area contributed by atoms with E-state index in [2.05, 4.69) is 5.32 Å². The summed E-state index contributed by atoms with van der Waals surface area (Å²) in [6.07, 6.45) is 2.54. The fourth-order valence-electron chi connectivity index (χ4n) is 3.97. The first-order valence-corrected chi connectivity index (χ1v) is 12.0. The van der Waals surface area contributed by atoms with E-state index in [4.69, 9.17) is 0 Å². The lowest BCUT2D eigenvalue weighted by atomic mass is 9.97. The second-order valence-electron chi connectivity index (χ2n) is 8.39. The van der Waals surface area contributed by atoms with Crippen molar-refractivity contribution < 1.29 is 23.1 Å². The van der Waals surface area contributed by atoms with Crippen molar-refractivity contribution in [3.8, 4) is 0 Å². The minimum atomic E-state index is -3.73. The summed E-state index contributed by atoms with van der Waals surface area (Å²) in [5, 5.41) is 12.3. The number of carbonyl (C=O) groups is 2. The number of amides is 2. The van der Waals surface area contributed by atoms with Crippen LogP contribution in [0.5, 0.6) is 0 Å². The molecule has 3 rings (SSSR count). The van der Waals surface area contributed by atoms with Crippen LogP contribution in [0.1, 0.15) is 39.5 Å². The molecule has 2 N–H and O–H groups in total. The highest BCUT2D eigenvalue weighted by Crippen LogP contribution is 2.27. The summed E-state index contributed by atoms with van der Waals surface area (Å²) in [6, 6.07) is 6.05. The average molecular weight is 438 g/mol. The summed E-state index contributed by atoms with van der Waals surface area (Å²) >= 11 is 0. The van der Waals surface area contributed by atoms with Gasteiger partial charge in [-0.1, -0.05) is 13.8 Å². The van der Waals surface area contributed by atoms with E-state index in [1.807, 2.05) is 13.8 Å². The maximum absolute atomic E-state index is 13.1. The van der Waals surface area contributed by atoms with Gasteiger partial charge in [0.2, 0.25) is 21.8 Å². The number of nitrogens with one attached hydrogen (secondary N) is 1. The molecular weight excluding hydrogens is 406 g/mol. The van der Waals surface area contributed by atoms with Crippen molar-refractivity contribution in [2.24, 2.45) is 11.8 Å². The molecule has 2 aliphatic heterocycles. The van der Waals surface area contributed by atoms with E-state index in [1.54, 1.807) is 17.0 Å². The van der Waals surface area contributed by atoms with Gasteiger partial charge in [-0.05, 0) is 49.4 Å². The molecule has 0 unspecified atom stereocenters. The largest absolute Gasteiger partial charge is 0.394 e. The Balaban J connectivity index is 1.69. The minimum Gasteiger partial charge on any atom is -0.394 e. The number of nitrogens with zero attached hydrogens (tertiary/aromatic N) is 2. The van der Waals surface area contributed by atoms with Crippen molar-refractivity contribution in [3.05, 3.63) is 24.3 Å². The summed E-state index contributed by atoms with van der Waals surface area (Å²) < 4.78 is 27.6. The molecule has 2 heterocycles. The lowest BCUT2D eigenvalue weighted by molar-refractivity contribution is -0.127. The Bertz CT molecular complexity index is 869. The topological polar surface area (TPSA) is 107 Å². The Morgan fingerprint density at radius 3 is 2.47 bits per heavy atom. The van der Waals surface area contributed by atoms with Crippen LogP contribution in [-0.2, 0) is 19.6 Å². The van der Waals surface area contributed by atoms with Crippen molar-refractivity contribution >= 4 is 27.5 Å². The van der Waals surface area contributed by atoms with Gasteiger partial charge in [0.1, 0.15) is 0 Å². The molecule has 166 valence electrons. The average Bonchev–Trinajstić information content (AvgIpc) is 3.17. The third-order valence-corrected chi connectivity index (χ3v) is 7.82. The van der Waals surface area contributed by atoms with E-state index >= 15 is 0 Å². The fourth-order valence-corrected chi connectivity index (χ4v) is 5.49. The van der Waals surface area contributed by atoms with E-state index in [1.165, 1.54) is 16.4 Å². The molecule has 2 atom stereocenters. The van der Waals surface area contributed by atoms with Gasteiger partial charge in [0.05, 0.1) is 23.5 Å². The Kier molecular flexibility index (Phi) is 7.15. The highest BCUT2D eigenvalue weighted by molar-refractivity contribution is 7.89. The van der Waals surface area contributed by atoms with Crippen LogP contribution in [0.15, 0.2) is 29.2 Å². The Hall–Kier alpha value is -1.97. The Morgan fingerprint density at radius 2 is 1.90 bits per heavy atom. The molecule has 0 radical (unpaired) electrons. The monoisotopic (exact) mass is 437 g/mol. The second kappa shape index (κ2) is 9.45. The van der Waals surface area contributed by atoms with Crippen LogP contribution in [-0.4, -0.2) is 61.9 Å². The Morgan fingerprint density at radius 1 is 1.20 bits per heavy atom. The third-order valence-electron chi connectivity index (χ3n) is 5.94. The summed E-state index contributed by atoms with van der Waals surface area (Å²) in [5.41, 5.74) is 0.705. The number of anilines is 1. The molecule has 0 aromatic heterocycles. The van der Waals surface area contributed by atoms with Crippen LogP contribution in [0.2, 0.25) is 0 Å². The predicted molar refractivity (Wildman–Crippen MR) is 113 cm³/mol. The van der Waals surface area contributed by atoms with E-state index in [0.717, 1.165) is 6.42 Å². The van der Waals surface area contributed by atoms with Gasteiger partial charge in [-0.15, -0.1) is 0 Å². The number of piperidine rings is 1. The summed E-state index contributed by atoms with van der Waals surface area (Å²) in [5.74, 6) is -0.519. The van der Waals surface area contributed by atoms with Gasteiger partial charge in [-0.3, -0.25) is 9.59 Å². The number of benzene rings is 1. The van der Waals surface area contributed by atoms with Crippen molar-refractivity contribution in [1.82, 2.24) is 9.62 Å². The number of aliphatic hydroxyl groups excluding tert-OH is 1. The number of rotatable bonds is 7. The van der Waals surface area contributed by atoms with Crippen molar-refractivity contribution in [2.75, 3.05) is 31.1 Å². The van der Waals surface area contributed by atoms with Gasteiger partial charge in [-0.2, -0.15) is 4.31 Å². The van der Waals surface area contributed by atoms with Crippen LogP contribution < -0.4 is 10.2 Å². The van der Waals surface area contributed by atoms with E-state index in [-0.39, 0.29) is 41.8 Å². The molecule has 0 saturated carbocycles. The fraction of sp³-hybridized carbons (Fsp3) is 0.619. The number of hydrogen-bond donors (Lipinski definition) is 2. The maximum atomic E-state index is 13.1. The second-order valence-corrected chi connectivity index (χ2v) is 10.3. The molecule has 9 heteroatoms. The SMILES string of the molecule is CC(C)[C@H](CO)NC(=O)[C@H]1CCCN(S(=O)(=O)c2ccc(N3CCCC3=O)cc2)C1. The van der Waals surface area contributed by atoms with Gasteiger partial charge >= 0.3 is 0 Å². The molecule has 0 bridgehead atoms. The zero-order valence-electron chi connectivity index (χ0n) is 17.6. The molecule has 2 fully saturated rings. The first-order chi connectivity index (χ1) is 14.2. The van der Waals surface area contributed by atoms with E-state index in [9.17, 15) is 23.1 Å². The number of sulfonamides is 1. The lowest BCUT2D eigenvalue weighted by Gasteiger charge is -2.32. The normalized spacial score (nSPS) is 21.8. The molecule has 8 nitrogen and oxygen atoms in total. The summed E-state index contributed by atoms with van der Waals surface area (Å²) in [7, 11) is -3.73. The highest BCUT2D eigenvalue weighted by atomic mass is 32.2. The zero-order chi connectivity index (χ0) is 21.9. The van der Waals surface area contributed by atoms with Crippen LogP contribution >= 0.6 is 0 Å². The maximum Gasteiger partial charge on any atom is 0.243 e. The molecule has 0 spiro atoms. The molecule has 0 aliphatic carbocycles. The zero-order valence-corrected chi connectivity index (χ0v) is 18.4. The smallest absolute Gasteiger partial charge is 0.243 e. The van der Waals surface area contributed by atoms with Crippen molar-refractivity contribution in [1.29, 1.82) is 0 Å². The highest BCUT2D eigenvalue weighted by Gasteiger charge is 2.34. The van der Waals surface area contributed by atoms with Gasteiger partial charge in [0, 0.05) is 31.7 Å². The van der Waals surface area contributed by atoms with Crippen LogP contribution in [0.25, 0.3) is 0 Å². The van der Waals surface area contributed by atoms with E-state index in [0.29, 0.717) is 38.0 Å². The predicted octanol–water partition coefficient (Wildman–Crippen LogP) is 1.35. The van der Waals surface area contributed by atoms with E-state index < -0.39 is 15.9 Å². The lowest BCUT2D eigenvalue weighted by Crippen LogP contribution is -2.49. The number of hydrogen-bond acceptors (Lipinski definition) is 5. The summed E-state index contributed by atoms with van der Waals surface area (Å²) in [4.78, 5) is 26.3. The number of aliphatic hydroxyl groups is 1. The molecular formula is C21H31N3O5S. The third kappa shape index (κ3) is 4.84. The molecule has 1 aromatic rings. The van der Waals surface area contributed by atoms with Crippen LogP contribution in [0.3, 0.4) is 0 Å².